The molecule has 1 amide bonds. The van der Waals surface area contributed by atoms with Crippen LogP contribution in [0.25, 0.3) is 0 Å². The number of amides is 1. The first-order valence-corrected chi connectivity index (χ1v) is 9.58. The molecule has 2 N–H and O–H groups in total. The van der Waals surface area contributed by atoms with Crippen molar-refractivity contribution in [3.05, 3.63) is 40.5 Å². The Kier molecular flexibility index (Phi) is 4.88. The fraction of sp³-hybridized carbons (Fsp3) is 0.421. The van der Waals surface area contributed by atoms with Gasteiger partial charge in [-0.2, -0.15) is 4.98 Å². The van der Waals surface area contributed by atoms with Gasteiger partial charge in [-0.3, -0.25) is 4.79 Å². The zero-order valence-corrected chi connectivity index (χ0v) is 15.9. The number of anilines is 3. The van der Waals surface area contributed by atoms with Crippen LogP contribution in [-0.2, 0) is 6.54 Å². The molecule has 8 heteroatoms. The van der Waals surface area contributed by atoms with Crippen molar-refractivity contribution in [2.75, 3.05) is 29.9 Å². The molecule has 2 aromatic rings. The number of β-amino-alcohol motifs (C(OH)–C–C–N with tert-alkyl or cyclic N) is 1. The summed E-state index contributed by atoms with van der Waals surface area (Å²) in [6, 6.07) is 7.35. The second-order valence-electron chi connectivity index (χ2n) is 6.95. The first-order chi connectivity index (χ1) is 13.0. The van der Waals surface area contributed by atoms with Gasteiger partial charge in [0.25, 0.3) is 5.91 Å². The molecule has 4 rings (SSSR count). The summed E-state index contributed by atoms with van der Waals surface area (Å²) >= 11 is 5.97. The van der Waals surface area contributed by atoms with E-state index in [1.165, 1.54) is 0 Å². The molecule has 0 spiro atoms. The Morgan fingerprint density at radius 3 is 2.74 bits per heavy atom. The summed E-state index contributed by atoms with van der Waals surface area (Å²) < 4.78 is 0. The summed E-state index contributed by atoms with van der Waals surface area (Å²) in [6.45, 7) is 4.39. The van der Waals surface area contributed by atoms with Gasteiger partial charge in [0.05, 0.1) is 12.6 Å². The van der Waals surface area contributed by atoms with Gasteiger partial charge in [0.15, 0.2) is 0 Å². The molecule has 1 aromatic carbocycles. The lowest BCUT2D eigenvalue weighted by Gasteiger charge is -2.18. The number of fused-ring (bicyclic) bond motifs is 1. The Morgan fingerprint density at radius 1 is 1.30 bits per heavy atom. The molecule has 1 fully saturated rings. The Hall–Kier alpha value is -2.38. The molecular formula is C19H22ClN5O2. The van der Waals surface area contributed by atoms with Crippen molar-refractivity contribution in [2.45, 2.75) is 32.4 Å². The highest BCUT2D eigenvalue weighted by Crippen LogP contribution is 2.32. The summed E-state index contributed by atoms with van der Waals surface area (Å²) in [7, 11) is 0. The zero-order valence-electron chi connectivity index (χ0n) is 15.2. The molecule has 2 aliphatic heterocycles. The van der Waals surface area contributed by atoms with E-state index in [1.54, 1.807) is 17.0 Å². The van der Waals surface area contributed by atoms with Crippen molar-refractivity contribution in [1.82, 2.24) is 14.9 Å². The Morgan fingerprint density at radius 2 is 2.07 bits per heavy atom. The minimum absolute atomic E-state index is 0.0607. The molecule has 0 aliphatic carbocycles. The topological polar surface area (TPSA) is 81.6 Å². The van der Waals surface area contributed by atoms with E-state index < -0.39 is 0 Å². The third-order valence-corrected chi connectivity index (χ3v) is 5.13. The predicted octanol–water partition coefficient (Wildman–Crippen LogP) is 2.81. The molecule has 1 saturated heterocycles. The molecule has 1 unspecified atom stereocenters. The molecular weight excluding hydrogens is 366 g/mol. The van der Waals surface area contributed by atoms with Crippen LogP contribution in [0.5, 0.6) is 0 Å². The number of hydrogen-bond donors (Lipinski definition) is 2. The lowest BCUT2D eigenvalue weighted by atomic mass is 10.2. The van der Waals surface area contributed by atoms with Crippen LogP contribution in [0.4, 0.5) is 17.5 Å². The van der Waals surface area contributed by atoms with Gasteiger partial charge < -0.3 is 20.2 Å². The summed E-state index contributed by atoms with van der Waals surface area (Å²) in [4.78, 5) is 25.8. The quantitative estimate of drug-likeness (QED) is 0.821. The second-order valence-corrected chi connectivity index (χ2v) is 7.38. The van der Waals surface area contributed by atoms with Gasteiger partial charge in [-0.15, -0.1) is 0 Å². The number of nitrogens with zero attached hydrogens (tertiary/aromatic N) is 4. The number of hydrogen-bond acceptors (Lipinski definition) is 6. The summed E-state index contributed by atoms with van der Waals surface area (Å²) in [5.74, 6) is 1.05. The average Bonchev–Trinajstić information content (AvgIpc) is 3.22. The number of nitrogens with one attached hydrogen (secondary N) is 1. The first kappa shape index (κ1) is 18.0. The van der Waals surface area contributed by atoms with E-state index in [2.05, 4.69) is 15.3 Å². The molecule has 7 nitrogen and oxygen atoms in total. The number of benzene rings is 1. The monoisotopic (exact) mass is 387 g/mol. The van der Waals surface area contributed by atoms with E-state index in [9.17, 15) is 9.90 Å². The maximum atomic E-state index is 12.8. The standard InChI is InChI=1S/C19H22ClN5O2/c1-2-8-24-11-15-16(18(24)27)22-19(25-9-7-14(26)10-25)23-17(15)21-13-5-3-12(20)4-6-13/h3-6,14,26H,2,7-11H2,1H3,(H,21,22,23). The largest absolute Gasteiger partial charge is 0.391 e. The van der Waals surface area contributed by atoms with E-state index in [-0.39, 0.29) is 12.0 Å². The molecule has 3 heterocycles. The Bertz CT molecular complexity index is 858. The van der Waals surface area contributed by atoms with E-state index in [0.29, 0.717) is 55.1 Å². The lowest BCUT2D eigenvalue weighted by molar-refractivity contribution is 0.0774. The molecule has 1 atom stereocenters. The summed E-state index contributed by atoms with van der Waals surface area (Å²) in [5.41, 5.74) is 2.10. The normalized spacial score (nSPS) is 18.9. The Labute approximate surface area is 163 Å². The summed E-state index contributed by atoms with van der Waals surface area (Å²) in [6.07, 6.45) is 1.18. The zero-order chi connectivity index (χ0) is 19.0. The van der Waals surface area contributed by atoms with Gasteiger partial charge in [-0.1, -0.05) is 18.5 Å². The van der Waals surface area contributed by atoms with Gasteiger partial charge in [-0.25, -0.2) is 4.98 Å². The minimum Gasteiger partial charge on any atom is -0.391 e. The number of halogens is 1. The van der Waals surface area contributed by atoms with E-state index in [0.717, 1.165) is 17.7 Å². The van der Waals surface area contributed by atoms with Crippen molar-refractivity contribution >= 4 is 35.0 Å². The maximum absolute atomic E-state index is 12.8. The van der Waals surface area contributed by atoms with Gasteiger partial charge >= 0.3 is 0 Å². The van der Waals surface area contributed by atoms with Crippen LogP contribution in [0.2, 0.25) is 5.02 Å². The number of aromatic nitrogens is 2. The molecule has 0 bridgehead atoms. The van der Waals surface area contributed by atoms with Gasteiger partial charge in [-0.05, 0) is 37.1 Å². The fourth-order valence-corrected chi connectivity index (χ4v) is 3.63. The number of rotatable bonds is 5. The molecule has 0 saturated carbocycles. The third-order valence-electron chi connectivity index (χ3n) is 4.88. The number of carbonyl (C=O) groups is 1. The van der Waals surface area contributed by atoms with Crippen LogP contribution in [0.1, 0.15) is 35.8 Å². The Balaban J connectivity index is 1.72. The molecule has 27 heavy (non-hydrogen) atoms. The van der Waals surface area contributed by atoms with Gasteiger partial charge in [0.2, 0.25) is 5.95 Å². The smallest absolute Gasteiger partial charge is 0.273 e. The van der Waals surface area contributed by atoms with Crippen LogP contribution in [0.15, 0.2) is 24.3 Å². The van der Waals surface area contributed by atoms with Crippen molar-refractivity contribution < 1.29 is 9.90 Å². The highest BCUT2D eigenvalue weighted by atomic mass is 35.5. The van der Waals surface area contributed by atoms with E-state index >= 15 is 0 Å². The van der Waals surface area contributed by atoms with Crippen LogP contribution >= 0.6 is 11.6 Å². The van der Waals surface area contributed by atoms with Crippen LogP contribution in [0.3, 0.4) is 0 Å². The van der Waals surface area contributed by atoms with Crippen LogP contribution < -0.4 is 10.2 Å². The predicted molar refractivity (Wildman–Crippen MR) is 105 cm³/mol. The van der Waals surface area contributed by atoms with Crippen molar-refractivity contribution in [2.24, 2.45) is 0 Å². The third kappa shape index (κ3) is 3.57. The molecule has 142 valence electrons. The van der Waals surface area contributed by atoms with Crippen molar-refractivity contribution in [1.29, 1.82) is 0 Å². The van der Waals surface area contributed by atoms with Crippen LogP contribution in [-0.4, -0.2) is 51.6 Å². The SMILES string of the molecule is CCCN1Cc2c(Nc3ccc(Cl)cc3)nc(N3CCC(O)C3)nc2C1=O. The minimum atomic E-state index is -0.387. The molecule has 1 aromatic heterocycles. The van der Waals surface area contributed by atoms with Gasteiger partial charge in [0.1, 0.15) is 11.5 Å². The van der Waals surface area contributed by atoms with Crippen molar-refractivity contribution in [3.63, 3.8) is 0 Å². The number of aliphatic hydroxyl groups is 1. The molecule has 2 aliphatic rings. The maximum Gasteiger partial charge on any atom is 0.273 e. The van der Waals surface area contributed by atoms with Crippen LogP contribution in [0, 0.1) is 0 Å². The fourth-order valence-electron chi connectivity index (χ4n) is 3.50. The van der Waals surface area contributed by atoms with E-state index in [1.807, 2.05) is 24.0 Å². The van der Waals surface area contributed by atoms with Gasteiger partial charge in [0, 0.05) is 35.9 Å². The lowest BCUT2D eigenvalue weighted by Crippen LogP contribution is -2.26. The van der Waals surface area contributed by atoms with E-state index in [4.69, 9.17) is 11.6 Å². The first-order valence-electron chi connectivity index (χ1n) is 9.21. The molecule has 0 radical (unpaired) electrons. The second kappa shape index (κ2) is 7.32. The van der Waals surface area contributed by atoms with Crippen molar-refractivity contribution in [3.8, 4) is 0 Å². The average molecular weight is 388 g/mol. The number of carbonyl (C=O) groups excluding carboxylic acids is 1. The highest BCUT2D eigenvalue weighted by Gasteiger charge is 2.34. The highest BCUT2D eigenvalue weighted by molar-refractivity contribution is 6.30. The number of aliphatic hydroxyl groups excluding tert-OH is 1. The summed E-state index contributed by atoms with van der Waals surface area (Å²) in [5, 5.41) is 13.8.